The molecule has 0 aliphatic heterocycles. The van der Waals surface area contributed by atoms with Crippen LogP contribution in [0.2, 0.25) is 0 Å². The molecule has 1 unspecified atom stereocenters. The fourth-order valence-electron chi connectivity index (χ4n) is 2.03. The summed E-state index contributed by atoms with van der Waals surface area (Å²) in [5.74, 6) is -0.281. The van der Waals surface area contributed by atoms with E-state index in [0.29, 0.717) is 12.0 Å². The first kappa shape index (κ1) is 13.2. The molecule has 0 fully saturated rings. The molecule has 0 saturated carbocycles. The second-order valence-electron chi connectivity index (χ2n) is 4.69. The number of halogens is 1. The molecule has 1 nitrogen and oxygen atoms in total. The third-order valence-electron chi connectivity index (χ3n) is 3.05. The Bertz CT molecular complexity index is 345. The highest BCUT2D eigenvalue weighted by Crippen LogP contribution is 2.29. The predicted molar refractivity (Wildman–Crippen MR) is 64.8 cm³/mol. The number of benzene rings is 1. The molecule has 0 saturated heterocycles. The van der Waals surface area contributed by atoms with E-state index >= 15 is 0 Å². The highest BCUT2D eigenvalue weighted by atomic mass is 19.1. The third kappa shape index (κ3) is 3.31. The summed E-state index contributed by atoms with van der Waals surface area (Å²) in [4.78, 5) is 0. The molecular formula is C14H21FO. The van der Waals surface area contributed by atoms with E-state index in [2.05, 4.69) is 6.92 Å². The average molecular weight is 224 g/mol. The molecule has 0 aliphatic rings. The van der Waals surface area contributed by atoms with Crippen LogP contribution in [0.5, 0.6) is 0 Å². The van der Waals surface area contributed by atoms with Crippen LogP contribution in [-0.4, -0.2) is 5.11 Å². The van der Waals surface area contributed by atoms with Crippen molar-refractivity contribution in [2.75, 3.05) is 0 Å². The van der Waals surface area contributed by atoms with Crippen LogP contribution in [0.1, 0.15) is 50.7 Å². The first-order valence-corrected chi connectivity index (χ1v) is 5.96. The topological polar surface area (TPSA) is 20.2 Å². The van der Waals surface area contributed by atoms with E-state index in [1.165, 1.54) is 12.1 Å². The lowest BCUT2D eigenvalue weighted by Gasteiger charge is -2.25. The molecule has 2 heteroatoms. The van der Waals surface area contributed by atoms with E-state index in [9.17, 15) is 9.50 Å². The fraction of sp³-hybridized carbons (Fsp3) is 0.571. The lowest BCUT2D eigenvalue weighted by molar-refractivity contribution is 0.0440. The number of hydrogen-bond acceptors (Lipinski definition) is 1. The van der Waals surface area contributed by atoms with Crippen LogP contribution in [-0.2, 0) is 5.60 Å². The summed E-state index contributed by atoms with van der Waals surface area (Å²) in [7, 11) is 0. The maximum absolute atomic E-state index is 13.2. The van der Waals surface area contributed by atoms with Crippen molar-refractivity contribution >= 4 is 0 Å². The van der Waals surface area contributed by atoms with E-state index in [0.717, 1.165) is 24.8 Å². The van der Waals surface area contributed by atoms with Gasteiger partial charge in [-0.25, -0.2) is 4.39 Å². The van der Waals surface area contributed by atoms with Gasteiger partial charge in [-0.3, -0.25) is 0 Å². The molecule has 1 aromatic carbocycles. The zero-order valence-electron chi connectivity index (χ0n) is 10.4. The van der Waals surface area contributed by atoms with Crippen LogP contribution in [0.25, 0.3) is 0 Å². The van der Waals surface area contributed by atoms with Crippen molar-refractivity contribution in [2.24, 2.45) is 0 Å². The summed E-state index contributed by atoms with van der Waals surface area (Å²) in [5, 5.41) is 10.4. The molecular weight excluding hydrogens is 203 g/mol. The molecule has 1 N–H and O–H groups in total. The van der Waals surface area contributed by atoms with Crippen molar-refractivity contribution < 1.29 is 9.50 Å². The van der Waals surface area contributed by atoms with E-state index in [1.54, 1.807) is 13.0 Å². The highest BCUT2D eigenvalue weighted by Gasteiger charge is 2.24. The Labute approximate surface area is 97.3 Å². The van der Waals surface area contributed by atoms with Crippen LogP contribution in [0, 0.1) is 12.7 Å². The van der Waals surface area contributed by atoms with Crippen molar-refractivity contribution in [1.82, 2.24) is 0 Å². The van der Waals surface area contributed by atoms with Crippen molar-refractivity contribution in [1.29, 1.82) is 0 Å². The molecule has 1 aromatic rings. The maximum atomic E-state index is 13.2. The van der Waals surface area contributed by atoms with Gasteiger partial charge < -0.3 is 5.11 Å². The molecule has 1 atom stereocenters. The Kier molecular flexibility index (Phi) is 4.48. The smallest absolute Gasteiger partial charge is 0.123 e. The van der Waals surface area contributed by atoms with Gasteiger partial charge in [0.05, 0.1) is 5.60 Å². The average Bonchev–Trinajstić information content (AvgIpc) is 2.22. The van der Waals surface area contributed by atoms with Gasteiger partial charge in [-0.15, -0.1) is 0 Å². The Balaban J connectivity index is 2.83. The minimum absolute atomic E-state index is 0.281. The molecule has 1 rings (SSSR count). The van der Waals surface area contributed by atoms with E-state index in [4.69, 9.17) is 0 Å². The minimum atomic E-state index is -0.915. The molecule has 0 amide bonds. The molecule has 0 radical (unpaired) electrons. The summed E-state index contributed by atoms with van der Waals surface area (Å²) >= 11 is 0. The lowest BCUT2D eigenvalue weighted by Crippen LogP contribution is -2.22. The maximum Gasteiger partial charge on any atom is 0.123 e. The standard InChI is InChI=1S/C14H21FO/c1-4-5-6-9-14(3,16)13-10-12(15)8-7-11(13)2/h7-8,10,16H,4-6,9H2,1-3H3. The van der Waals surface area contributed by atoms with E-state index in [-0.39, 0.29) is 5.82 Å². The fourth-order valence-corrected chi connectivity index (χ4v) is 2.03. The van der Waals surface area contributed by atoms with Gasteiger partial charge in [0, 0.05) is 0 Å². The Morgan fingerprint density at radius 1 is 1.31 bits per heavy atom. The summed E-state index contributed by atoms with van der Waals surface area (Å²) in [5.41, 5.74) is 0.743. The van der Waals surface area contributed by atoms with Crippen LogP contribution >= 0.6 is 0 Å². The molecule has 0 bridgehead atoms. The number of unbranched alkanes of at least 4 members (excludes halogenated alkanes) is 2. The van der Waals surface area contributed by atoms with Crippen molar-refractivity contribution in [3.05, 3.63) is 35.1 Å². The Morgan fingerprint density at radius 2 is 2.00 bits per heavy atom. The quantitative estimate of drug-likeness (QED) is 0.751. The summed E-state index contributed by atoms with van der Waals surface area (Å²) in [6.45, 7) is 5.80. The molecule has 0 aliphatic carbocycles. The van der Waals surface area contributed by atoms with Crippen LogP contribution in [0.4, 0.5) is 4.39 Å². The Morgan fingerprint density at radius 3 is 2.62 bits per heavy atom. The molecule has 16 heavy (non-hydrogen) atoms. The Hall–Kier alpha value is -0.890. The van der Waals surface area contributed by atoms with Gasteiger partial charge in [-0.1, -0.05) is 32.3 Å². The monoisotopic (exact) mass is 224 g/mol. The number of aliphatic hydroxyl groups is 1. The van der Waals surface area contributed by atoms with Gasteiger partial charge >= 0.3 is 0 Å². The molecule has 90 valence electrons. The predicted octanol–water partition coefficient (Wildman–Crippen LogP) is 3.92. The summed E-state index contributed by atoms with van der Waals surface area (Å²) < 4.78 is 13.2. The number of hydrogen-bond donors (Lipinski definition) is 1. The highest BCUT2D eigenvalue weighted by molar-refractivity contribution is 5.31. The first-order valence-electron chi connectivity index (χ1n) is 5.96. The van der Waals surface area contributed by atoms with E-state index in [1.807, 2.05) is 6.92 Å². The van der Waals surface area contributed by atoms with Gasteiger partial charge in [0.2, 0.25) is 0 Å². The van der Waals surface area contributed by atoms with Crippen LogP contribution in [0.15, 0.2) is 18.2 Å². The zero-order chi connectivity index (χ0) is 12.2. The van der Waals surface area contributed by atoms with Crippen molar-refractivity contribution in [3.8, 4) is 0 Å². The van der Waals surface area contributed by atoms with Gasteiger partial charge in [0.1, 0.15) is 5.82 Å². The van der Waals surface area contributed by atoms with E-state index < -0.39 is 5.60 Å². The van der Waals surface area contributed by atoms with Gasteiger partial charge in [-0.05, 0) is 43.5 Å². The van der Waals surface area contributed by atoms with Crippen molar-refractivity contribution in [3.63, 3.8) is 0 Å². The van der Waals surface area contributed by atoms with Gasteiger partial charge in [0.25, 0.3) is 0 Å². The van der Waals surface area contributed by atoms with Crippen molar-refractivity contribution in [2.45, 2.75) is 52.1 Å². The number of aryl methyl sites for hydroxylation is 1. The lowest BCUT2D eigenvalue weighted by atomic mass is 9.87. The van der Waals surface area contributed by atoms with Gasteiger partial charge in [0.15, 0.2) is 0 Å². The summed E-state index contributed by atoms with van der Waals surface area (Å²) in [6, 6.07) is 4.60. The molecule has 0 spiro atoms. The largest absolute Gasteiger partial charge is 0.385 e. The second kappa shape index (κ2) is 5.44. The molecule has 0 heterocycles. The van der Waals surface area contributed by atoms with Crippen LogP contribution < -0.4 is 0 Å². The number of rotatable bonds is 5. The van der Waals surface area contributed by atoms with Crippen LogP contribution in [0.3, 0.4) is 0 Å². The second-order valence-corrected chi connectivity index (χ2v) is 4.69. The minimum Gasteiger partial charge on any atom is -0.385 e. The third-order valence-corrected chi connectivity index (χ3v) is 3.05. The van der Waals surface area contributed by atoms with Gasteiger partial charge in [-0.2, -0.15) is 0 Å². The SMILES string of the molecule is CCCCCC(C)(O)c1cc(F)ccc1C. The normalized spacial score (nSPS) is 14.8. The molecule has 0 aromatic heterocycles. The summed E-state index contributed by atoms with van der Waals surface area (Å²) in [6.07, 6.45) is 3.88. The zero-order valence-corrected chi connectivity index (χ0v) is 10.4. The first-order chi connectivity index (χ1) is 7.47.